The predicted molar refractivity (Wildman–Crippen MR) is 277 cm³/mol. The minimum Gasteiger partial charge on any atom is -0.507 e. The number of rotatable bonds is 9. The average molecular weight is 1060 g/mol. The van der Waals surface area contributed by atoms with Gasteiger partial charge >= 0.3 is 0 Å². The Bertz CT molecular complexity index is 3220. The Balaban J connectivity index is 0.00000608. The summed E-state index contributed by atoms with van der Waals surface area (Å²) in [5.74, 6) is 0.903. The van der Waals surface area contributed by atoms with Crippen molar-refractivity contribution in [1.82, 2.24) is 14.5 Å². The molecule has 0 spiro atoms. The van der Waals surface area contributed by atoms with Gasteiger partial charge in [0.25, 0.3) is 0 Å². The van der Waals surface area contributed by atoms with Crippen molar-refractivity contribution in [2.45, 2.75) is 91.9 Å². The molecule has 9 rings (SSSR count). The summed E-state index contributed by atoms with van der Waals surface area (Å²) in [4.78, 5) is 10.6. The number of aryl methyl sites for hydroxylation is 1. The van der Waals surface area contributed by atoms with Gasteiger partial charge in [0.2, 0.25) is 0 Å². The van der Waals surface area contributed by atoms with E-state index < -0.39 is 0 Å². The fourth-order valence-corrected chi connectivity index (χ4v) is 8.90. The molecule has 1 N–H and O–H groups in total. The molecule has 0 aliphatic carbocycles. The van der Waals surface area contributed by atoms with Crippen LogP contribution in [-0.4, -0.2) is 19.6 Å². The largest absolute Gasteiger partial charge is 0.507 e. The number of fused-ring (bicyclic) bond motifs is 1. The number of aromatic nitrogens is 3. The van der Waals surface area contributed by atoms with Crippen molar-refractivity contribution in [3.05, 3.63) is 192 Å². The quantitative estimate of drug-likeness (QED) is 0.147. The number of pyridine rings is 1. The van der Waals surface area contributed by atoms with Crippen molar-refractivity contribution in [2.75, 3.05) is 0 Å². The van der Waals surface area contributed by atoms with Crippen LogP contribution in [0.3, 0.4) is 0 Å². The first-order chi connectivity index (χ1) is 31.5. The molecular formula is C62H60N3OPt-. The maximum absolute atomic E-state index is 12.1. The number of nitrogens with zero attached hydrogens (tertiary/aromatic N) is 3. The van der Waals surface area contributed by atoms with Crippen molar-refractivity contribution in [1.29, 1.82) is 0 Å². The summed E-state index contributed by atoms with van der Waals surface area (Å²) in [7, 11) is 0. The van der Waals surface area contributed by atoms with Crippen LogP contribution in [0.1, 0.15) is 91.0 Å². The van der Waals surface area contributed by atoms with E-state index in [1.807, 2.05) is 13.1 Å². The molecule has 0 atom stereocenters. The number of hydrogen-bond acceptors (Lipinski definition) is 3. The smallest absolute Gasteiger partial charge is 0.148 e. The van der Waals surface area contributed by atoms with E-state index in [0.29, 0.717) is 11.4 Å². The fourth-order valence-electron chi connectivity index (χ4n) is 8.90. The van der Waals surface area contributed by atoms with E-state index in [9.17, 15) is 5.11 Å². The van der Waals surface area contributed by atoms with Crippen LogP contribution in [0.4, 0.5) is 0 Å². The third kappa shape index (κ3) is 9.34. The van der Waals surface area contributed by atoms with E-state index in [2.05, 4.69) is 231 Å². The van der Waals surface area contributed by atoms with E-state index in [1.54, 1.807) is 0 Å². The molecule has 9 aromatic rings. The standard InChI is InChI=1S/C62H60N3O.Pt/c1-11-62(9,10)49-29-30-55(52(38-49)43-21-16-13-17-22-43)65-56-24-18-23-51(57(56)64-59(65)53-39-50(61(6,7)8)33-40(2)58(53)66)46-34-45(41-19-14-12-15-20-41)35-47(36-46)54-37-44(31-32-63-54)42-25-27-48(28-26-42)60(3,4)5;/h12-35,37-39,66H,11H2,1-10H3;/q-1;. The second-order valence-electron chi connectivity index (χ2n) is 20.5. The first-order valence-electron chi connectivity index (χ1n) is 23.3. The Morgan fingerprint density at radius 2 is 1.15 bits per heavy atom. The second-order valence-corrected chi connectivity index (χ2v) is 20.5. The van der Waals surface area contributed by atoms with Gasteiger partial charge in [-0.15, -0.1) is 23.8 Å². The summed E-state index contributed by atoms with van der Waals surface area (Å²) in [6.07, 6.45) is 2.90. The molecule has 4 nitrogen and oxygen atoms in total. The topological polar surface area (TPSA) is 50.9 Å². The molecule has 67 heavy (non-hydrogen) atoms. The van der Waals surface area contributed by atoms with Gasteiger partial charge in [-0.25, -0.2) is 4.98 Å². The summed E-state index contributed by atoms with van der Waals surface area (Å²) < 4.78 is 2.27. The first kappa shape index (κ1) is 47.2. The molecule has 0 aliphatic rings. The van der Waals surface area contributed by atoms with Gasteiger partial charge in [0, 0.05) is 38.5 Å². The van der Waals surface area contributed by atoms with Crippen LogP contribution in [0.2, 0.25) is 0 Å². The third-order valence-corrected chi connectivity index (χ3v) is 13.5. The Kier molecular flexibility index (Phi) is 12.9. The molecule has 340 valence electrons. The number of phenolic OH excluding ortho intramolecular Hbond substituents is 1. The number of hydrogen-bond donors (Lipinski definition) is 1. The minimum absolute atomic E-state index is 0. The normalized spacial score (nSPS) is 12.0. The molecule has 7 aromatic carbocycles. The zero-order valence-electron chi connectivity index (χ0n) is 40.4. The van der Waals surface area contributed by atoms with E-state index in [-0.39, 0.29) is 43.1 Å². The predicted octanol–water partition coefficient (Wildman–Crippen LogP) is 16.5. The summed E-state index contributed by atoms with van der Waals surface area (Å²) in [5, 5.41) is 12.1. The molecule has 0 amide bonds. The van der Waals surface area contributed by atoms with Crippen LogP contribution in [0.25, 0.3) is 83.9 Å². The fraction of sp³-hybridized carbons (Fsp3) is 0.226. The molecule has 0 fully saturated rings. The van der Waals surface area contributed by atoms with Crippen molar-refractivity contribution in [3.63, 3.8) is 0 Å². The molecular weight excluding hydrogens is 998 g/mol. The Morgan fingerprint density at radius 1 is 0.537 bits per heavy atom. The minimum atomic E-state index is -0.164. The monoisotopic (exact) mass is 1060 g/mol. The van der Waals surface area contributed by atoms with Crippen LogP contribution >= 0.6 is 0 Å². The first-order valence-corrected chi connectivity index (χ1v) is 23.3. The SMILES string of the molecule is CCC(C)(C)c1ccc(-n2c(-c3cc(C(C)(C)C)cc(C)c3O)nc3c(-c4[c-]c(-c5cc(-c6ccc(C(C)(C)C)cc6)ccn5)cc(-c5ccccc5)c4)cccc32)c(-c2ccccc2)c1.[Pt]. The van der Waals surface area contributed by atoms with E-state index >= 15 is 0 Å². The van der Waals surface area contributed by atoms with E-state index in [4.69, 9.17) is 9.97 Å². The molecule has 0 saturated carbocycles. The molecule has 0 radical (unpaired) electrons. The van der Waals surface area contributed by atoms with Crippen LogP contribution in [0, 0.1) is 13.0 Å². The van der Waals surface area contributed by atoms with E-state index in [0.717, 1.165) is 90.0 Å². The number of benzene rings is 7. The van der Waals surface area contributed by atoms with Crippen molar-refractivity contribution in [2.24, 2.45) is 0 Å². The Morgan fingerprint density at radius 3 is 1.81 bits per heavy atom. The summed E-state index contributed by atoms with van der Waals surface area (Å²) >= 11 is 0. The van der Waals surface area contributed by atoms with Crippen molar-refractivity contribution < 1.29 is 26.2 Å². The summed E-state index contributed by atoms with van der Waals surface area (Å²) in [5.41, 5.74) is 18.0. The second kappa shape index (κ2) is 18.4. The maximum Gasteiger partial charge on any atom is 0.148 e. The van der Waals surface area contributed by atoms with Crippen LogP contribution in [-0.2, 0) is 37.3 Å². The van der Waals surface area contributed by atoms with Crippen LogP contribution in [0.5, 0.6) is 5.75 Å². The molecule has 0 saturated heterocycles. The molecule has 2 aromatic heterocycles. The Labute approximate surface area is 412 Å². The van der Waals surface area contributed by atoms with Gasteiger partial charge in [-0.2, -0.15) is 0 Å². The van der Waals surface area contributed by atoms with Gasteiger partial charge in [-0.3, -0.25) is 9.55 Å². The van der Waals surface area contributed by atoms with Gasteiger partial charge in [0.05, 0.1) is 22.3 Å². The number of phenols is 1. The number of imidazole rings is 1. The van der Waals surface area contributed by atoms with Gasteiger partial charge < -0.3 is 5.11 Å². The van der Waals surface area contributed by atoms with Gasteiger partial charge in [0.15, 0.2) is 0 Å². The van der Waals surface area contributed by atoms with Crippen molar-refractivity contribution in [3.8, 4) is 78.6 Å². The molecule has 2 heterocycles. The molecule has 0 bridgehead atoms. The molecule has 0 unspecified atom stereocenters. The van der Waals surface area contributed by atoms with Crippen LogP contribution < -0.4 is 0 Å². The van der Waals surface area contributed by atoms with Gasteiger partial charge in [-0.1, -0.05) is 194 Å². The zero-order valence-corrected chi connectivity index (χ0v) is 42.7. The zero-order chi connectivity index (χ0) is 46.5. The Hall–Kier alpha value is -6.35. The van der Waals surface area contributed by atoms with Gasteiger partial charge in [-0.05, 0) is 104 Å². The number of para-hydroxylation sites is 1. The third-order valence-electron chi connectivity index (χ3n) is 13.5. The number of aromatic hydroxyl groups is 1. The van der Waals surface area contributed by atoms with E-state index in [1.165, 1.54) is 11.1 Å². The molecule has 0 aliphatic heterocycles. The maximum atomic E-state index is 12.1. The summed E-state index contributed by atoms with van der Waals surface area (Å²) in [6, 6.07) is 60.1. The molecule has 5 heteroatoms. The van der Waals surface area contributed by atoms with Crippen molar-refractivity contribution >= 4 is 11.0 Å². The van der Waals surface area contributed by atoms with Gasteiger partial charge in [0.1, 0.15) is 11.6 Å². The van der Waals surface area contributed by atoms with Crippen LogP contribution in [0.15, 0.2) is 164 Å². The summed E-state index contributed by atoms with van der Waals surface area (Å²) in [6.45, 7) is 22.2. The average Bonchev–Trinajstić information content (AvgIpc) is 3.71.